The third-order valence-electron chi connectivity index (χ3n) is 4.85. The van der Waals surface area contributed by atoms with Crippen LogP contribution in [-0.2, 0) is 9.53 Å². The largest absolute Gasteiger partial charge is 0.381 e. The van der Waals surface area contributed by atoms with Crippen LogP contribution in [0, 0.1) is 11.8 Å². The van der Waals surface area contributed by atoms with Crippen LogP contribution in [0.5, 0.6) is 0 Å². The third-order valence-corrected chi connectivity index (χ3v) is 4.85. The molecule has 0 aromatic heterocycles. The number of carbonyl (C=O) groups excluding carboxylic acids is 1. The number of nitrogens with one attached hydrogen (secondary N) is 2. The summed E-state index contributed by atoms with van der Waals surface area (Å²) < 4.78 is 5.29. The molecule has 4 nitrogen and oxygen atoms in total. The van der Waals surface area contributed by atoms with E-state index in [9.17, 15) is 4.79 Å². The van der Waals surface area contributed by atoms with E-state index < -0.39 is 0 Å². The Bertz CT molecular complexity index is 302. The lowest BCUT2D eigenvalue weighted by Gasteiger charge is -2.25. The van der Waals surface area contributed by atoms with E-state index in [0.717, 1.165) is 37.9 Å². The number of fused-ring (bicyclic) bond motifs is 2. The monoisotopic (exact) mass is 252 g/mol. The van der Waals surface area contributed by atoms with Crippen molar-refractivity contribution in [3.8, 4) is 0 Å². The molecule has 4 heteroatoms. The van der Waals surface area contributed by atoms with Crippen LogP contribution < -0.4 is 10.6 Å². The minimum absolute atomic E-state index is 0.157. The lowest BCUT2D eigenvalue weighted by atomic mass is 9.95. The Labute approximate surface area is 109 Å². The highest BCUT2D eigenvalue weighted by Gasteiger charge is 2.39. The van der Waals surface area contributed by atoms with E-state index in [4.69, 9.17) is 4.74 Å². The first-order valence-corrected chi connectivity index (χ1v) is 7.42. The van der Waals surface area contributed by atoms with Gasteiger partial charge in [0, 0.05) is 25.3 Å². The smallest absolute Gasteiger partial charge is 0.234 e. The van der Waals surface area contributed by atoms with Crippen LogP contribution >= 0.6 is 0 Å². The molecule has 0 aromatic rings. The lowest BCUT2D eigenvalue weighted by Crippen LogP contribution is -2.46. The lowest BCUT2D eigenvalue weighted by molar-refractivity contribution is -0.121. The van der Waals surface area contributed by atoms with Gasteiger partial charge in [0.2, 0.25) is 5.91 Å². The van der Waals surface area contributed by atoms with Crippen molar-refractivity contribution in [2.75, 3.05) is 19.8 Å². The van der Waals surface area contributed by atoms with Gasteiger partial charge in [-0.25, -0.2) is 0 Å². The highest BCUT2D eigenvalue weighted by atomic mass is 16.5. The minimum atomic E-state index is 0.157. The first-order chi connectivity index (χ1) is 8.81. The van der Waals surface area contributed by atoms with Crippen LogP contribution in [0.3, 0.4) is 0 Å². The van der Waals surface area contributed by atoms with E-state index >= 15 is 0 Å². The fraction of sp³-hybridized carbons (Fsp3) is 0.929. The van der Waals surface area contributed by atoms with Crippen molar-refractivity contribution in [1.29, 1.82) is 0 Å². The van der Waals surface area contributed by atoms with Gasteiger partial charge in [0.1, 0.15) is 0 Å². The van der Waals surface area contributed by atoms with Gasteiger partial charge < -0.3 is 15.4 Å². The molecule has 18 heavy (non-hydrogen) atoms. The molecule has 0 radical (unpaired) electrons. The molecule has 1 saturated heterocycles. The van der Waals surface area contributed by atoms with Crippen LogP contribution in [0.15, 0.2) is 0 Å². The molecule has 0 aromatic carbocycles. The summed E-state index contributed by atoms with van der Waals surface area (Å²) in [5, 5.41) is 6.56. The van der Waals surface area contributed by atoms with Gasteiger partial charge in [-0.3, -0.25) is 4.79 Å². The van der Waals surface area contributed by atoms with Crippen LogP contribution in [0.25, 0.3) is 0 Å². The van der Waals surface area contributed by atoms with Crippen molar-refractivity contribution in [1.82, 2.24) is 10.6 Å². The molecule has 1 heterocycles. The van der Waals surface area contributed by atoms with Crippen molar-refractivity contribution in [3.05, 3.63) is 0 Å². The van der Waals surface area contributed by atoms with Gasteiger partial charge in [0.25, 0.3) is 0 Å². The van der Waals surface area contributed by atoms with Crippen molar-refractivity contribution < 1.29 is 9.53 Å². The van der Waals surface area contributed by atoms with Gasteiger partial charge in [0.15, 0.2) is 0 Å². The summed E-state index contributed by atoms with van der Waals surface area (Å²) >= 11 is 0. The maximum absolute atomic E-state index is 11.9. The van der Waals surface area contributed by atoms with Crippen molar-refractivity contribution in [3.63, 3.8) is 0 Å². The van der Waals surface area contributed by atoms with Gasteiger partial charge in [-0.2, -0.15) is 0 Å². The van der Waals surface area contributed by atoms with Crippen molar-refractivity contribution >= 4 is 5.91 Å². The molecule has 1 amide bonds. The van der Waals surface area contributed by atoms with Gasteiger partial charge in [-0.05, 0) is 43.9 Å². The molecule has 102 valence electrons. The molecular weight excluding hydrogens is 228 g/mol. The summed E-state index contributed by atoms with van der Waals surface area (Å²) in [6.45, 7) is 2.06. The van der Waals surface area contributed by atoms with Crippen molar-refractivity contribution in [2.45, 2.75) is 50.6 Å². The van der Waals surface area contributed by atoms with Gasteiger partial charge in [-0.1, -0.05) is 6.42 Å². The SMILES string of the molecule is O=C(CNC1CC2CCC1C2)NC1CCOCC1. The highest BCUT2D eigenvalue weighted by Crippen LogP contribution is 2.44. The van der Waals surface area contributed by atoms with E-state index in [1.807, 2.05) is 0 Å². The number of rotatable bonds is 4. The summed E-state index contributed by atoms with van der Waals surface area (Å²) in [5.74, 6) is 1.93. The Hall–Kier alpha value is -0.610. The Balaban J connectivity index is 1.36. The summed E-state index contributed by atoms with van der Waals surface area (Å²) in [4.78, 5) is 11.9. The molecule has 2 aliphatic carbocycles. The van der Waals surface area contributed by atoms with E-state index in [1.165, 1.54) is 25.7 Å². The Morgan fingerprint density at radius 3 is 2.61 bits per heavy atom. The number of carbonyl (C=O) groups is 1. The molecule has 2 bridgehead atoms. The zero-order valence-electron chi connectivity index (χ0n) is 11.0. The molecule has 3 fully saturated rings. The molecule has 3 atom stereocenters. The summed E-state index contributed by atoms with van der Waals surface area (Å²) in [6.07, 6.45) is 7.37. The molecule has 3 rings (SSSR count). The van der Waals surface area contributed by atoms with Gasteiger partial charge >= 0.3 is 0 Å². The summed E-state index contributed by atoms with van der Waals surface area (Å²) in [6, 6.07) is 0.928. The maximum Gasteiger partial charge on any atom is 0.234 e. The number of amides is 1. The number of ether oxygens (including phenoxy) is 1. The summed E-state index contributed by atoms with van der Waals surface area (Å²) in [5.41, 5.74) is 0. The molecule has 1 aliphatic heterocycles. The van der Waals surface area contributed by atoms with E-state index in [2.05, 4.69) is 10.6 Å². The molecule has 0 spiro atoms. The average Bonchev–Trinajstić information content (AvgIpc) is 3.00. The van der Waals surface area contributed by atoms with Crippen molar-refractivity contribution in [2.24, 2.45) is 11.8 Å². The van der Waals surface area contributed by atoms with Gasteiger partial charge in [0.05, 0.1) is 6.54 Å². The number of hydrogen-bond acceptors (Lipinski definition) is 3. The quantitative estimate of drug-likeness (QED) is 0.786. The molecule has 3 unspecified atom stereocenters. The second-order valence-corrected chi connectivity index (χ2v) is 6.12. The average molecular weight is 252 g/mol. The van der Waals surface area contributed by atoms with Crippen LogP contribution in [0.2, 0.25) is 0 Å². The molecule has 2 saturated carbocycles. The fourth-order valence-electron chi connectivity index (χ4n) is 3.84. The Morgan fingerprint density at radius 1 is 1.11 bits per heavy atom. The Morgan fingerprint density at radius 2 is 1.94 bits per heavy atom. The highest BCUT2D eigenvalue weighted by molar-refractivity contribution is 5.78. The van der Waals surface area contributed by atoms with E-state index in [1.54, 1.807) is 0 Å². The third kappa shape index (κ3) is 2.86. The summed E-state index contributed by atoms with van der Waals surface area (Å²) in [7, 11) is 0. The normalized spacial score (nSPS) is 35.9. The minimum Gasteiger partial charge on any atom is -0.381 e. The molecular formula is C14H24N2O2. The fourth-order valence-corrected chi connectivity index (χ4v) is 3.84. The maximum atomic E-state index is 11.9. The second-order valence-electron chi connectivity index (χ2n) is 6.12. The van der Waals surface area contributed by atoms with Crippen LogP contribution in [0.1, 0.15) is 38.5 Å². The van der Waals surface area contributed by atoms with E-state index in [0.29, 0.717) is 18.6 Å². The van der Waals surface area contributed by atoms with Crippen LogP contribution in [-0.4, -0.2) is 37.7 Å². The standard InChI is InChI=1S/C14H24N2O2/c17-14(16-12-3-5-18-6-4-12)9-15-13-8-10-1-2-11(13)7-10/h10-13,15H,1-9H2,(H,16,17). The van der Waals surface area contributed by atoms with E-state index in [-0.39, 0.29) is 5.91 Å². The zero-order chi connectivity index (χ0) is 12.4. The zero-order valence-corrected chi connectivity index (χ0v) is 11.0. The first kappa shape index (κ1) is 12.4. The predicted molar refractivity (Wildman–Crippen MR) is 69.2 cm³/mol. The first-order valence-electron chi connectivity index (χ1n) is 7.42. The predicted octanol–water partition coefficient (Wildman–Crippen LogP) is 1.06. The van der Waals surface area contributed by atoms with Crippen LogP contribution in [0.4, 0.5) is 0 Å². The Kier molecular flexibility index (Phi) is 3.85. The second kappa shape index (κ2) is 5.57. The topological polar surface area (TPSA) is 50.4 Å². The molecule has 3 aliphatic rings. The van der Waals surface area contributed by atoms with Gasteiger partial charge in [-0.15, -0.1) is 0 Å². The molecule has 2 N–H and O–H groups in total. The number of hydrogen-bond donors (Lipinski definition) is 2.